The van der Waals surface area contributed by atoms with Crippen molar-refractivity contribution in [3.8, 4) is 11.3 Å². The lowest BCUT2D eigenvalue weighted by Crippen LogP contribution is -2.52. The molecule has 2 aromatic carbocycles. The van der Waals surface area contributed by atoms with Crippen LogP contribution >= 0.6 is 11.6 Å². The number of piperidine rings is 1. The summed E-state index contributed by atoms with van der Waals surface area (Å²) in [5.41, 5.74) is 2.36. The van der Waals surface area contributed by atoms with E-state index in [1.807, 2.05) is 52.3 Å². The highest BCUT2D eigenvalue weighted by Gasteiger charge is 2.32. The monoisotopic (exact) mass is 479 g/mol. The Bertz CT molecular complexity index is 1130. The van der Waals surface area contributed by atoms with Crippen LogP contribution in [0.15, 0.2) is 60.7 Å². The molecule has 1 unspecified atom stereocenters. The molecule has 0 N–H and O–H groups in total. The van der Waals surface area contributed by atoms with E-state index in [2.05, 4.69) is 15.1 Å². The van der Waals surface area contributed by atoms with E-state index < -0.39 is 0 Å². The van der Waals surface area contributed by atoms with E-state index in [1.54, 1.807) is 12.1 Å². The first-order valence-electron chi connectivity index (χ1n) is 11.7. The zero-order valence-corrected chi connectivity index (χ0v) is 19.7. The molecule has 3 aromatic rings. The maximum Gasteiger partial charge on any atom is 0.227 e. The predicted molar refractivity (Wildman–Crippen MR) is 133 cm³/mol. The van der Waals surface area contributed by atoms with E-state index in [0.717, 1.165) is 36.5 Å². The van der Waals surface area contributed by atoms with Crippen molar-refractivity contribution in [1.82, 2.24) is 15.1 Å². The molecular formula is C26H27ClFN5O. The van der Waals surface area contributed by atoms with E-state index in [1.165, 1.54) is 6.07 Å². The minimum Gasteiger partial charge on any atom is -0.366 e. The predicted octanol–water partition coefficient (Wildman–Crippen LogP) is 4.50. The highest BCUT2D eigenvalue weighted by atomic mass is 35.5. The van der Waals surface area contributed by atoms with Crippen LogP contribution in [0.1, 0.15) is 12.8 Å². The number of halogens is 2. The van der Waals surface area contributed by atoms with Gasteiger partial charge < -0.3 is 14.7 Å². The van der Waals surface area contributed by atoms with Crippen molar-refractivity contribution in [2.24, 2.45) is 5.92 Å². The third kappa shape index (κ3) is 4.85. The molecule has 0 spiro atoms. The van der Waals surface area contributed by atoms with Gasteiger partial charge in [-0.15, -0.1) is 10.2 Å². The van der Waals surface area contributed by atoms with Crippen molar-refractivity contribution in [3.05, 3.63) is 71.5 Å². The Hall–Kier alpha value is -3.19. The summed E-state index contributed by atoms with van der Waals surface area (Å²) < 4.78 is 14.1. The fourth-order valence-corrected chi connectivity index (χ4v) is 4.92. The lowest BCUT2D eigenvalue weighted by molar-refractivity contribution is -0.136. The molecule has 2 saturated heterocycles. The topological polar surface area (TPSA) is 52.6 Å². The molecule has 176 valence electrons. The number of amides is 1. The van der Waals surface area contributed by atoms with Crippen molar-refractivity contribution in [3.63, 3.8) is 0 Å². The smallest absolute Gasteiger partial charge is 0.227 e. The molecule has 0 aliphatic carbocycles. The minimum absolute atomic E-state index is 0.0634. The summed E-state index contributed by atoms with van der Waals surface area (Å²) in [6, 6.07) is 18.3. The Morgan fingerprint density at radius 2 is 1.65 bits per heavy atom. The first-order valence-corrected chi connectivity index (χ1v) is 12.1. The molecule has 34 heavy (non-hydrogen) atoms. The standard InChI is InChI=1S/C26H27ClFN5O/c27-21-9-7-19(8-10-21)23-11-12-25(30-29-23)33-13-3-4-20(18-33)26(34)32-16-14-31(15-17-32)24-6-2-1-5-22(24)28/h1-2,5-12,20H,3-4,13-18H2. The van der Waals surface area contributed by atoms with Gasteiger partial charge in [0.2, 0.25) is 5.91 Å². The molecule has 0 radical (unpaired) electrons. The highest BCUT2D eigenvalue weighted by Crippen LogP contribution is 2.26. The van der Waals surface area contributed by atoms with E-state index >= 15 is 0 Å². The van der Waals surface area contributed by atoms with Crippen molar-refractivity contribution in [1.29, 1.82) is 0 Å². The van der Waals surface area contributed by atoms with Gasteiger partial charge in [0.15, 0.2) is 5.82 Å². The zero-order valence-electron chi connectivity index (χ0n) is 18.9. The van der Waals surface area contributed by atoms with Crippen molar-refractivity contribution in [2.75, 3.05) is 49.1 Å². The fraction of sp³-hybridized carbons (Fsp3) is 0.346. The summed E-state index contributed by atoms with van der Waals surface area (Å²) in [4.78, 5) is 19.4. The SMILES string of the molecule is O=C(C1CCCN(c2ccc(-c3ccc(Cl)cc3)nn2)C1)N1CCN(c2ccccc2F)CC1. The van der Waals surface area contributed by atoms with Crippen molar-refractivity contribution in [2.45, 2.75) is 12.8 Å². The molecule has 1 amide bonds. The summed E-state index contributed by atoms with van der Waals surface area (Å²) in [5.74, 6) is 0.697. The van der Waals surface area contributed by atoms with Crippen LogP contribution in [0.25, 0.3) is 11.3 Å². The summed E-state index contributed by atoms with van der Waals surface area (Å²) >= 11 is 5.97. The summed E-state index contributed by atoms with van der Waals surface area (Å²) in [7, 11) is 0. The van der Waals surface area contributed by atoms with Crippen LogP contribution < -0.4 is 9.80 Å². The van der Waals surface area contributed by atoms with Gasteiger partial charge in [0, 0.05) is 49.9 Å². The van der Waals surface area contributed by atoms with Gasteiger partial charge in [0.25, 0.3) is 0 Å². The van der Waals surface area contributed by atoms with Gasteiger partial charge in [-0.1, -0.05) is 35.9 Å². The number of aromatic nitrogens is 2. The second-order valence-corrected chi connectivity index (χ2v) is 9.27. The number of anilines is 2. The number of piperazine rings is 1. The zero-order chi connectivity index (χ0) is 23.5. The number of rotatable bonds is 4. The lowest BCUT2D eigenvalue weighted by Gasteiger charge is -2.40. The van der Waals surface area contributed by atoms with Gasteiger partial charge in [-0.3, -0.25) is 4.79 Å². The minimum atomic E-state index is -0.214. The molecule has 2 fully saturated rings. The van der Waals surface area contributed by atoms with E-state index in [-0.39, 0.29) is 17.6 Å². The molecule has 0 saturated carbocycles. The second-order valence-electron chi connectivity index (χ2n) is 8.83. The average Bonchev–Trinajstić information content (AvgIpc) is 2.89. The Morgan fingerprint density at radius 3 is 2.35 bits per heavy atom. The molecule has 8 heteroatoms. The van der Waals surface area contributed by atoms with Crippen LogP contribution in [0.2, 0.25) is 5.02 Å². The Balaban J connectivity index is 1.19. The maximum atomic E-state index is 14.1. The van der Waals surface area contributed by atoms with Crippen LogP contribution in [-0.4, -0.2) is 60.3 Å². The van der Waals surface area contributed by atoms with Crippen LogP contribution in [0.3, 0.4) is 0 Å². The maximum absolute atomic E-state index is 14.1. The van der Waals surface area contributed by atoms with Crippen molar-refractivity contribution < 1.29 is 9.18 Å². The Labute approximate surface area is 204 Å². The lowest BCUT2D eigenvalue weighted by atomic mass is 9.96. The number of carbonyl (C=O) groups excluding carboxylic acids is 1. The van der Waals surface area contributed by atoms with E-state index in [4.69, 9.17) is 11.6 Å². The van der Waals surface area contributed by atoms with E-state index in [9.17, 15) is 9.18 Å². The largest absolute Gasteiger partial charge is 0.366 e. The molecule has 1 atom stereocenters. The number of benzene rings is 2. The number of hydrogen-bond donors (Lipinski definition) is 0. The first kappa shape index (κ1) is 22.6. The number of nitrogens with zero attached hydrogens (tertiary/aromatic N) is 5. The Morgan fingerprint density at radius 1 is 0.882 bits per heavy atom. The summed E-state index contributed by atoms with van der Waals surface area (Å²) in [6.45, 7) is 4.00. The van der Waals surface area contributed by atoms with Crippen LogP contribution in [0.4, 0.5) is 15.9 Å². The van der Waals surface area contributed by atoms with Gasteiger partial charge in [-0.25, -0.2) is 4.39 Å². The molecule has 3 heterocycles. The van der Waals surface area contributed by atoms with Gasteiger partial charge in [0.05, 0.1) is 17.3 Å². The Kier molecular flexibility index (Phi) is 6.63. The molecule has 0 bridgehead atoms. The van der Waals surface area contributed by atoms with Crippen molar-refractivity contribution >= 4 is 29.0 Å². The summed E-state index contributed by atoms with van der Waals surface area (Å²) in [5, 5.41) is 9.51. The quantitative estimate of drug-likeness (QED) is 0.551. The molecule has 2 aliphatic heterocycles. The normalized spacial score (nSPS) is 18.8. The van der Waals surface area contributed by atoms with Crippen LogP contribution in [0, 0.1) is 11.7 Å². The summed E-state index contributed by atoms with van der Waals surface area (Å²) in [6.07, 6.45) is 1.81. The third-order valence-corrected chi connectivity index (χ3v) is 6.92. The van der Waals surface area contributed by atoms with E-state index in [0.29, 0.717) is 43.4 Å². The number of para-hydroxylation sites is 1. The molecule has 6 nitrogen and oxygen atoms in total. The first-order chi connectivity index (χ1) is 16.6. The van der Waals surface area contributed by atoms with Crippen LogP contribution in [-0.2, 0) is 4.79 Å². The van der Waals surface area contributed by atoms with Gasteiger partial charge in [-0.05, 0) is 49.2 Å². The third-order valence-electron chi connectivity index (χ3n) is 6.67. The second kappa shape index (κ2) is 9.97. The van der Waals surface area contributed by atoms with Gasteiger partial charge >= 0.3 is 0 Å². The number of carbonyl (C=O) groups is 1. The van der Waals surface area contributed by atoms with Gasteiger partial charge in [-0.2, -0.15) is 0 Å². The molecule has 5 rings (SSSR count). The molecule has 1 aromatic heterocycles. The molecule has 2 aliphatic rings. The molecular weight excluding hydrogens is 453 g/mol. The highest BCUT2D eigenvalue weighted by molar-refractivity contribution is 6.30. The average molecular weight is 480 g/mol. The van der Waals surface area contributed by atoms with Gasteiger partial charge in [0.1, 0.15) is 5.82 Å². The van der Waals surface area contributed by atoms with Crippen LogP contribution in [0.5, 0.6) is 0 Å². The number of hydrogen-bond acceptors (Lipinski definition) is 5. The fourth-order valence-electron chi connectivity index (χ4n) is 4.79.